The Hall–Kier alpha value is -0.650. The van der Waals surface area contributed by atoms with E-state index in [4.69, 9.17) is 14.9 Å². The first-order valence-electron chi connectivity index (χ1n) is 4.49. The summed E-state index contributed by atoms with van der Waals surface area (Å²) in [5.41, 5.74) is 0. The Bertz CT molecular complexity index is 161. The molecule has 5 nitrogen and oxygen atoms in total. The molecular formula is C9H18O5. The second-order valence-electron chi connectivity index (χ2n) is 3.52. The maximum absolute atomic E-state index is 10.7. The molecule has 0 saturated carbocycles. The van der Waals surface area contributed by atoms with E-state index >= 15 is 0 Å². The molecule has 14 heavy (non-hydrogen) atoms. The summed E-state index contributed by atoms with van der Waals surface area (Å²) in [4.78, 5) is 10.7. The second-order valence-corrected chi connectivity index (χ2v) is 3.52. The van der Waals surface area contributed by atoms with Crippen LogP contribution in [0.4, 0.5) is 0 Å². The highest BCUT2D eigenvalue weighted by Crippen LogP contribution is 2.12. The fourth-order valence-electron chi connectivity index (χ4n) is 0.895. The van der Waals surface area contributed by atoms with E-state index in [1.54, 1.807) is 0 Å². The Morgan fingerprint density at radius 2 is 2.00 bits per heavy atom. The average molecular weight is 206 g/mol. The van der Waals surface area contributed by atoms with Gasteiger partial charge in [-0.2, -0.15) is 0 Å². The van der Waals surface area contributed by atoms with Gasteiger partial charge in [-0.25, -0.2) is 4.79 Å². The zero-order valence-electron chi connectivity index (χ0n) is 8.82. The number of aliphatic hydroxyl groups is 2. The topological polar surface area (TPSA) is 76.0 Å². The van der Waals surface area contributed by atoms with Crippen LogP contribution in [0.3, 0.4) is 0 Å². The summed E-state index contributed by atoms with van der Waals surface area (Å²) >= 11 is 0. The first-order valence-corrected chi connectivity index (χ1v) is 4.49. The number of ether oxygens (including phenoxy) is 2. The van der Waals surface area contributed by atoms with Crippen LogP contribution in [0.2, 0.25) is 0 Å². The molecule has 1 fully saturated rings. The molecule has 0 radical (unpaired) electrons. The van der Waals surface area contributed by atoms with Crippen molar-refractivity contribution in [3.8, 4) is 0 Å². The van der Waals surface area contributed by atoms with Gasteiger partial charge >= 0.3 is 5.97 Å². The van der Waals surface area contributed by atoms with Crippen LogP contribution in [-0.4, -0.2) is 41.8 Å². The summed E-state index contributed by atoms with van der Waals surface area (Å²) in [7, 11) is 1.38. The lowest BCUT2D eigenvalue weighted by Crippen LogP contribution is -2.20. The molecule has 2 N–H and O–H groups in total. The number of methoxy groups -OCH3 is 1. The van der Waals surface area contributed by atoms with E-state index in [9.17, 15) is 4.79 Å². The minimum Gasteiger partial charge on any atom is -0.467 e. The van der Waals surface area contributed by atoms with E-state index in [0.717, 1.165) is 12.8 Å². The SMILES string of the molecule is CC(C)(O)O.COC(=O)C1CCCO1. The predicted molar refractivity (Wildman–Crippen MR) is 49.5 cm³/mol. The largest absolute Gasteiger partial charge is 0.467 e. The summed E-state index contributed by atoms with van der Waals surface area (Å²) in [5, 5.41) is 16.2. The van der Waals surface area contributed by atoms with Crippen molar-refractivity contribution in [2.75, 3.05) is 13.7 Å². The van der Waals surface area contributed by atoms with Crippen molar-refractivity contribution < 1.29 is 24.5 Å². The second kappa shape index (κ2) is 5.95. The summed E-state index contributed by atoms with van der Waals surface area (Å²) in [6.45, 7) is 3.29. The molecule has 0 spiro atoms. The minimum absolute atomic E-state index is 0.243. The van der Waals surface area contributed by atoms with Gasteiger partial charge in [0.15, 0.2) is 11.9 Å². The summed E-state index contributed by atoms with van der Waals surface area (Å²) in [6, 6.07) is 0. The molecule has 1 heterocycles. The smallest absolute Gasteiger partial charge is 0.334 e. The van der Waals surface area contributed by atoms with Crippen molar-refractivity contribution in [2.24, 2.45) is 0 Å². The maximum Gasteiger partial charge on any atom is 0.334 e. The van der Waals surface area contributed by atoms with Gasteiger partial charge in [0.1, 0.15) is 0 Å². The highest BCUT2D eigenvalue weighted by Gasteiger charge is 2.23. The molecule has 1 aliphatic heterocycles. The van der Waals surface area contributed by atoms with Gasteiger partial charge in [-0.15, -0.1) is 0 Å². The van der Waals surface area contributed by atoms with Gasteiger partial charge < -0.3 is 19.7 Å². The lowest BCUT2D eigenvalue weighted by atomic mass is 10.2. The van der Waals surface area contributed by atoms with Crippen LogP contribution in [-0.2, 0) is 14.3 Å². The molecule has 0 aromatic carbocycles. The molecule has 0 aliphatic carbocycles. The van der Waals surface area contributed by atoms with E-state index in [2.05, 4.69) is 4.74 Å². The molecule has 1 rings (SSSR count). The van der Waals surface area contributed by atoms with Gasteiger partial charge in [0.2, 0.25) is 0 Å². The quantitative estimate of drug-likeness (QED) is 0.468. The van der Waals surface area contributed by atoms with Gasteiger partial charge in [-0.3, -0.25) is 0 Å². The number of rotatable bonds is 1. The van der Waals surface area contributed by atoms with Gasteiger partial charge in [0.05, 0.1) is 7.11 Å². The Morgan fingerprint density at radius 3 is 2.29 bits per heavy atom. The molecule has 1 saturated heterocycles. The zero-order valence-corrected chi connectivity index (χ0v) is 8.82. The van der Waals surface area contributed by atoms with Crippen molar-refractivity contribution in [3.63, 3.8) is 0 Å². The zero-order chi connectivity index (χ0) is 11.2. The van der Waals surface area contributed by atoms with Crippen LogP contribution in [0, 0.1) is 0 Å². The lowest BCUT2D eigenvalue weighted by Gasteiger charge is -2.04. The van der Waals surface area contributed by atoms with Crippen LogP contribution in [0.5, 0.6) is 0 Å². The Kier molecular flexibility index (Phi) is 5.68. The van der Waals surface area contributed by atoms with Crippen LogP contribution in [0.1, 0.15) is 26.7 Å². The molecule has 5 heteroatoms. The highest BCUT2D eigenvalue weighted by molar-refractivity contribution is 5.74. The highest BCUT2D eigenvalue weighted by atomic mass is 16.6. The van der Waals surface area contributed by atoms with Crippen molar-refractivity contribution in [1.29, 1.82) is 0 Å². The average Bonchev–Trinajstić information content (AvgIpc) is 2.51. The predicted octanol–water partition coefficient (Wildman–Crippen LogP) is 0.0455. The third-order valence-corrected chi connectivity index (χ3v) is 1.39. The van der Waals surface area contributed by atoms with E-state index < -0.39 is 5.79 Å². The molecule has 1 aliphatic rings. The fourth-order valence-corrected chi connectivity index (χ4v) is 0.895. The van der Waals surface area contributed by atoms with Crippen LogP contribution >= 0.6 is 0 Å². The number of carbonyl (C=O) groups is 1. The number of carbonyl (C=O) groups excluding carboxylic acids is 1. The third-order valence-electron chi connectivity index (χ3n) is 1.39. The molecule has 0 aromatic heterocycles. The van der Waals surface area contributed by atoms with Crippen LogP contribution in [0.25, 0.3) is 0 Å². The molecule has 0 bridgehead atoms. The Balaban J connectivity index is 0.000000292. The minimum atomic E-state index is -1.50. The molecule has 0 aromatic rings. The van der Waals surface area contributed by atoms with Crippen LogP contribution in [0.15, 0.2) is 0 Å². The van der Waals surface area contributed by atoms with E-state index in [0.29, 0.717) is 6.61 Å². The van der Waals surface area contributed by atoms with Gasteiger partial charge in [-0.1, -0.05) is 0 Å². The summed E-state index contributed by atoms with van der Waals surface area (Å²) in [5.74, 6) is -1.74. The summed E-state index contributed by atoms with van der Waals surface area (Å²) in [6.07, 6.45) is 1.50. The van der Waals surface area contributed by atoms with Crippen molar-refractivity contribution in [3.05, 3.63) is 0 Å². The van der Waals surface area contributed by atoms with Crippen molar-refractivity contribution >= 4 is 5.97 Å². The van der Waals surface area contributed by atoms with E-state index in [-0.39, 0.29) is 12.1 Å². The monoisotopic (exact) mass is 206 g/mol. The first kappa shape index (κ1) is 13.4. The number of esters is 1. The number of hydrogen-bond acceptors (Lipinski definition) is 5. The molecule has 0 amide bonds. The Morgan fingerprint density at radius 1 is 1.50 bits per heavy atom. The standard InChI is InChI=1S/C6H10O3.C3H8O2/c1-8-6(7)5-3-2-4-9-5;1-3(2,4)5/h5H,2-4H2,1H3;4-5H,1-2H3. The molecule has 1 atom stereocenters. The van der Waals surface area contributed by atoms with Gasteiger partial charge in [0, 0.05) is 6.61 Å². The number of hydrogen-bond donors (Lipinski definition) is 2. The van der Waals surface area contributed by atoms with Crippen molar-refractivity contribution in [1.82, 2.24) is 0 Å². The molecule has 1 unspecified atom stereocenters. The van der Waals surface area contributed by atoms with E-state index in [1.165, 1.54) is 21.0 Å². The lowest BCUT2D eigenvalue weighted by molar-refractivity contribution is -0.151. The maximum atomic E-state index is 10.7. The first-order chi connectivity index (χ1) is 6.34. The van der Waals surface area contributed by atoms with E-state index in [1.807, 2.05) is 0 Å². The summed E-state index contributed by atoms with van der Waals surface area (Å²) < 4.78 is 9.50. The fraction of sp³-hybridized carbons (Fsp3) is 0.889. The molecule has 84 valence electrons. The van der Waals surface area contributed by atoms with Gasteiger partial charge in [0.25, 0.3) is 0 Å². The third kappa shape index (κ3) is 7.97. The van der Waals surface area contributed by atoms with Crippen LogP contribution < -0.4 is 0 Å². The Labute approximate surface area is 83.6 Å². The van der Waals surface area contributed by atoms with Crippen molar-refractivity contribution in [2.45, 2.75) is 38.6 Å². The molecular weight excluding hydrogens is 188 g/mol. The van der Waals surface area contributed by atoms with Gasteiger partial charge in [-0.05, 0) is 26.7 Å². The normalized spacial score (nSPS) is 21.1.